The molecule has 0 aromatic heterocycles. The summed E-state index contributed by atoms with van der Waals surface area (Å²) in [5, 5.41) is 2.80. The number of carbonyl (C=O) groups excluding carboxylic acids is 1. The van der Waals surface area contributed by atoms with Gasteiger partial charge in [-0.05, 0) is 36.1 Å². The first kappa shape index (κ1) is 16.1. The Balaban J connectivity index is 2.23. The zero-order valence-electron chi connectivity index (χ0n) is 12.6. The number of hydrogen-bond acceptors (Lipinski definition) is 1. The van der Waals surface area contributed by atoms with Crippen LogP contribution < -0.4 is 5.32 Å². The molecular weight excluding hydrogens is 284 g/mol. The average molecular weight is 303 g/mol. The highest BCUT2D eigenvalue weighted by atomic mass is 19.1. The summed E-state index contributed by atoms with van der Waals surface area (Å²) in [5.41, 5.74) is 0.672. The highest BCUT2D eigenvalue weighted by Crippen LogP contribution is 2.22. The third kappa shape index (κ3) is 4.13. The van der Waals surface area contributed by atoms with Crippen molar-refractivity contribution >= 4 is 5.91 Å². The number of carbonyl (C=O) groups is 1. The van der Waals surface area contributed by atoms with Crippen LogP contribution in [0.5, 0.6) is 0 Å². The van der Waals surface area contributed by atoms with Crippen molar-refractivity contribution in [3.63, 3.8) is 0 Å². The van der Waals surface area contributed by atoms with E-state index in [1.165, 1.54) is 0 Å². The summed E-state index contributed by atoms with van der Waals surface area (Å²) in [6, 6.07) is 12.1. The molecule has 0 saturated heterocycles. The summed E-state index contributed by atoms with van der Waals surface area (Å²) in [6.07, 6.45) is 0.715. The van der Waals surface area contributed by atoms with Crippen molar-refractivity contribution in [1.82, 2.24) is 5.32 Å². The molecule has 0 aliphatic rings. The minimum absolute atomic E-state index is 0.239. The fraction of sp³-hybridized carbons (Fsp3) is 0.278. The van der Waals surface area contributed by atoms with Gasteiger partial charge in [-0.1, -0.05) is 44.2 Å². The van der Waals surface area contributed by atoms with E-state index in [4.69, 9.17) is 0 Å². The van der Waals surface area contributed by atoms with Crippen molar-refractivity contribution in [2.24, 2.45) is 5.92 Å². The van der Waals surface area contributed by atoms with Crippen LogP contribution in [0.3, 0.4) is 0 Å². The summed E-state index contributed by atoms with van der Waals surface area (Å²) >= 11 is 0. The van der Waals surface area contributed by atoms with Gasteiger partial charge in [0.15, 0.2) is 0 Å². The predicted molar refractivity (Wildman–Crippen MR) is 82.5 cm³/mol. The molecule has 0 aliphatic heterocycles. The van der Waals surface area contributed by atoms with Crippen molar-refractivity contribution in [2.75, 3.05) is 0 Å². The predicted octanol–water partition coefficient (Wildman–Crippen LogP) is 4.48. The van der Waals surface area contributed by atoms with E-state index < -0.39 is 17.5 Å². The zero-order valence-corrected chi connectivity index (χ0v) is 12.6. The van der Waals surface area contributed by atoms with Crippen molar-refractivity contribution < 1.29 is 13.6 Å². The molecule has 0 saturated carbocycles. The second kappa shape index (κ2) is 7.16. The molecule has 1 unspecified atom stereocenters. The van der Waals surface area contributed by atoms with E-state index in [9.17, 15) is 13.6 Å². The van der Waals surface area contributed by atoms with Crippen molar-refractivity contribution in [2.45, 2.75) is 26.3 Å². The number of amides is 1. The lowest BCUT2D eigenvalue weighted by atomic mass is 9.96. The third-order valence-electron chi connectivity index (χ3n) is 3.39. The average Bonchev–Trinajstić information content (AvgIpc) is 2.49. The fourth-order valence-corrected chi connectivity index (χ4v) is 2.34. The quantitative estimate of drug-likeness (QED) is 0.867. The summed E-state index contributed by atoms with van der Waals surface area (Å²) in [6.45, 7) is 4.09. The van der Waals surface area contributed by atoms with Crippen molar-refractivity contribution in [1.29, 1.82) is 0 Å². The van der Waals surface area contributed by atoms with Gasteiger partial charge < -0.3 is 5.32 Å². The van der Waals surface area contributed by atoms with E-state index in [-0.39, 0.29) is 11.6 Å². The molecule has 2 aromatic carbocycles. The van der Waals surface area contributed by atoms with Gasteiger partial charge in [0, 0.05) is 0 Å². The minimum atomic E-state index is -0.727. The van der Waals surface area contributed by atoms with Gasteiger partial charge in [0.2, 0.25) is 0 Å². The maximum Gasteiger partial charge on any atom is 0.254 e. The molecule has 0 bridgehead atoms. The second-order valence-electron chi connectivity index (χ2n) is 5.69. The minimum Gasteiger partial charge on any atom is -0.345 e. The van der Waals surface area contributed by atoms with Gasteiger partial charge in [0.1, 0.15) is 11.6 Å². The van der Waals surface area contributed by atoms with Gasteiger partial charge in [-0.15, -0.1) is 0 Å². The van der Waals surface area contributed by atoms with Gasteiger partial charge in [-0.3, -0.25) is 4.79 Å². The third-order valence-corrected chi connectivity index (χ3v) is 3.39. The molecule has 116 valence electrons. The Hall–Kier alpha value is -2.23. The highest BCUT2D eigenvalue weighted by Gasteiger charge is 2.19. The zero-order chi connectivity index (χ0) is 16.1. The highest BCUT2D eigenvalue weighted by molar-refractivity contribution is 5.94. The summed E-state index contributed by atoms with van der Waals surface area (Å²) in [4.78, 5) is 12.3. The number of halogens is 2. The molecule has 0 fully saturated rings. The van der Waals surface area contributed by atoms with Gasteiger partial charge >= 0.3 is 0 Å². The monoisotopic (exact) mass is 303 g/mol. The fourth-order valence-electron chi connectivity index (χ4n) is 2.34. The molecule has 0 radical (unpaired) electrons. The molecule has 1 N–H and O–H groups in total. The number of hydrogen-bond donors (Lipinski definition) is 1. The molecule has 0 heterocycles. The second-order valence-corrected chi connectivity index (χ2v) is 5.69. The lowest BCUT2D eigenvalue weighted by Crippen LogP contribution is -2.30. The van der Waals surface area contributed by atoms with Crippen LogP contribution in [0.2, 0.25) is 0 Å². The van der Waals surface area contributed by atoms with Gasteiger partial charge in [0.05, 0.1) is 11.6 Å². The van der Waals surface area contributed by atoms with Crippen LogP contribution in [0.25, 0.3) is 0 Å². The van der Waals surface area contributed by atoms with E-state index in [2.05, 4.69) is 5.32 Å². The van der Waals surface area contributed by atoms with Crippen molar-refractivity contribution in [3.05, 3.63) is 71.3 Å². The maximum absolute atomic E-state index is 13.7. The summed E-state index contributed by atoms with van der Waals surface area (Å²) < 4.78 is 26.9. The molecular formula is C18H19F2NO. The molecule has 1 atom stereocenters. The van der Waals surface area contributed by atoms with E-state index >= 15 is 0 Å². The molecule has 1 amide bonds. The topological polar surface area (TPSA) is 29.1 Å². The van der Waals surface area contributed by atoms with Crippen LogP contribution in [0.1, 0.15) is 42.2 Å². The molecule has 0 spiro atoms. The Morgan fingerprint density at radius 2 is 1.77 bits per heavy atom. The normalized spacial score (nSPS) is 12.2. The summed E-state index contributed by atoms with van der Waals surface area (Å²) in [7, 11) is 0. The Bertz CT molecular complexity index is 641. The molecule has 22 heavy (non-hydrogen) atoms. The number of benzene rings is 2. The van der Waals surface area contributed by atoms with Crippen LogP contribution in [0.15, 0.2) is 48.5 Å². The maximum atomic E-state index is 13.7. The van der Waals surface area contributed by atoms with E-state index in [0.717, 1.165) is 23.8 Å². The van der Waals surface area contributed by atoms with Gasteiger partial charge in [-0.25, -0.2) is 8.78 Å². The van der Waals surface area contributed by atoms with Crippen LogP contribution in [-0.2, 0) is 0 Å². The first-order valence-corrected chi connectivity index (χ1v) is 7.28. The Labute approximate surface area is 129 Å². The van der Waals surface area contributed by atoms with E-state index in [1.54, 1.807) is 0 Å². The smallest absolute Gasteiger partial charge is 0.254 e. The van der Waals surface area contributed by atoms with Gasteiger partial charge in [-0.2, -0.15) is 0 Å². The SMILES string of the molecule is CC(C)CC(NC(=O)c1cc(F)ccc1F)c1ccccc1. The molecule has 0 aliphatic carbocycles. The van der Waals surface area contributed by atoms with Crippen LogP contribution >= 0.6 is 0 Å². The van der Waals surface area contributed by atoms with Gasteiger partial charge in [0.25, 0.3) is 5.91 Å². The number of rotatable bonds is 5. The van der Waals surface area contributed by atoms with Crippen LogP contribution in [-0.4, -0.2) is 5.91 Å². The van der Waals surface area contributed by atoms with Crippen LogP contribution in [0.4, 0.5) is 8.78 Å². The molecule has 4 heteroatoms. The largest absolute Gasteiger partial charge is 0.345 e. The van der Waals surface area contributed by atoms with Crippen molar-refractivity contribution in [3.8, 4) is 0 Å². The standard InChI is InChI=1S/C18H19F2NO/c1-12(2)10-17(13-6-4-3-5-7-13)21-18(22)15-11-14(19)8-9-16(15)20/h3-9,11-12,17H,10H2,1-2H3,(H,21,22). The first-order chi connectivity index (χ1) is 10.5. The Morgan fingerprint density at radius 3 is 2.41 bits per heavy atom. The Morgan fingerprint density at radius 1 is 1.09 bits per heavy atom. The van der Waals surface area contributed by atoms with E-state index in [0.29, 0.717) is 12.3 Å². The Kier molecular flexibility index (Phi) is 5.26. The molecule has 2 rings (SSSR count). The lowest BCUT2D eigenvalue weighted by molar-refractivity contribution is 0.0927. The van der Waals surface area contributed by atoms with E-state index in [1.807, 2.05) is 44.2 Å². The van der Waals surface area contributed by atoms with Crippen LogP contribution in [0, 0.1) is 17.6 Å². The summed E-state index contributed by atoms with van der Waals surface area (Å²) in [5.74, 6) is -1.61. The molecule has 2 aromatic rings. The lowest BCUT2D eigenvalue weighted by Gasteiger charge is -2.21. The number of nitrogens with one attached hydrogen (secondary N) is 1. The first-order valence-electron chi connectivity index (χ1n) is 7.28. The molecule has 2 nitrogen and oxygen atoms in total.